The van der Waals surface area contributed by atoms with Crippen LogP contribution in [0.1, 0.15) is 62.5 Å². The van der Waals surface area contributed by atoms with Crippen LogP contribution in [-0.2, 0) is 16.6 Å². The lowest BCUT2D eigenvalue weighted by Crippen LogP contribution is -2.72. The fraction of sp³-hybridized carbons (Fsp3) is 0.696. The summed E-state index contributed by atoms with van der Waals surface area (Å²) < 4.78 is 5.61. The predicted octanol–water partition coefficient (Wildman–Crippen LogP) is 2.95. The van der Waals surface area contributed by atoms with Crippen LogP contribution in [0.5, 0.6) is 5.75 Å². The number of primary amides is 1. The number of fused-ring (bicyclic) bond motifs is 1. The second-order valence-electron chi connectivity index (χ2n) is 9.55. The molecule has 6 heteroatoms. The third-order valence-corrected chi connectivity index (χ3v) is 8.17. The molecular weight excluding hydrogens is 388 g/mol. The van der Waals surface area contributed by atoms with E-state index < -0.39 is 11.5 Å². The Labute approximate surface area is 179 Å². The third kappa shape index (κ3) is 3.26. The average molecular weight is 421 g/mol. The summed E-state index contributed by atoms with van der Waals surface area (Å²) in [7, 11) is 0. The van der Waals surface area contributed by atoms with E-state index in [4.69, 9.17) is 10.5 Å². The van der Waals surface area contributed by atoms with Gasteiger partial charge in [0.2, 0.25) is 0 Å². The van der Waals surface area contributed by atoms with E-state index in [9.17, 15) is 9.90 Å². The van der Waals surface area contributed by atoms with Crippen molar-refractivity contribution in [1.29, 1.82) is 0 Å². The highest BCUT2D eigenvalue weighted by Crippen LogP contribution is 2.58. The molecule has 29 heavy (non-hydrogen) atoms. The molecule has 3 fully saturated rings. The number of hydrogen-bond acceptors (Lipinski definition) is 4. The van der Waals surface area contributed by atoms with Gasteiger partial charge in [0.1, 0.15) is 5.75 Å². The van der Waals surface area contributed by atoms with E-state index in [-0.39, 0.29) is 30.5 Å². The van der Waals surface area contributed by atoms with Crippen molar-refractivity contribution in [3.05, 3.63) is 29.3 Å². The number of likely N-dealkylation sites (tertiary alicyclic amines) is 1. The Balaban J connectivity index is 0.00000205. The second-order valence-corrected chi connectivity index (χ2v) is 9.55. The van der Waals surface area contributed by atoms with E-state index in [2.05, 4.69) is 17.0 Å². The van der Waals surface area contributed by atoms with Crippen molar-refractivity contribution in [3.8, 4) is 5.75 Å². The van der Waals surface area contributed by atoms with Crippen molar-refractivity contribution in [2.45, 2.75) is 74.8 Å². The van der Waals surface area contributed by atoms with Crippen LogP contribution in [0.3, 0.4) is 0 Å². The minimum absolute atomic E-state index is 0. The molecular formula is C23H33ClN2O3. The summed E-state index contributed by atoms with van der Waals surface area (Å²) in [5.74, 6) is 1.05. The Morgan fingerprint density at radius 2 is 2.00 bits per heavy atom. The smallest absolute Gasteiger partial charge is 0.255 e. The summed E-state index contributed by atoms with van der Waals surface area (Å²) in [6.45, 7) is 2.13. The zero-order chi connectivity index (χ0) is 19.4. The number of piperidine rings is 1. The van der Waals surface area contributed by atoms with Crippen LogP contribution in [-0.4, -0.2) is 47.3 Å². The van der Waals surface area contributed by atoms with Gasteiger partial charge in [0.15, 0.2) is 6.61 Å². The molecule has 5 rings (SSSR count). The van der Waals surface area contributed by atoms with Gasteiger partial charge in [-0.3, -0.25) is 9.69 Å². The largest absolute Gasteiger partial charge is 0.484 e. The minimum Gasteiger partial charge on any atom is -0.484 e. The molecule has 3 atom stereocenters. The van der Waals surface area contributed by atoms with Gasteiger partial charge in [-0.05, 0) is 74.2 Å². The molecule has 3 N–H and O–H groups in total. The van der Waals surface area contributed by atoms with Crippen LogP contribution in [0.4, 0.5) is 0 Å². The highest BCUT2D eigenvalue weighted by atomic mass is 35.5. The molecule has 1 heterocycles. The molecule has 160 valence electrons. The van der Waals surface area contributed by atoms with Gasteiger partial charge in [0, 0.05) is 18.0 Å². The second kappa shape index (κ2) is 7.75. The normalized spacial score (nSPS) is 33.6. The molecule has 0 unspecified atom stereocenters. The molecule has 4 aliphatic rings. The minimum atomic E-state index is -0.650. The number of benzene rings is 1. The zero-order valence-corrected chi connectivity index (χ0v) is 17.9. The Hall–Kier alpha value is -1.30. The highest BCUT2D eigenvalue weighted by Gasteiger charge is 2.63. The van der Waals surface area contributed by atoms with Gasteiger partial charge in [-0.1, -0.05) is 25.3 Å². The number of aliphatic hydroxyl groups is 1. The quantitative estimate of drug-likeness (QED) is 0.767. The van der Waals surface area contributed by atoms with Crippen molar-refractivity contribution in [2.75, 3.05) is 19.7 Å². The summed E-state index contributed by atoms with van der Waals surface area (Å²) in [5.41, 5.74) is 7.03. The van der Waals surface area contributed by atoms with Gasteiger partial charge in [0.05, 0.1) is 5.60 Å². The lowest BCUT2D eigenvalue weighted by atomic mass is 9.49. The number of nitrogens with zero attached hydrogens (tertiary/aromatic N) is 1. The number of amides is 1. The zero-order valence-electron chi connectivity index (χ0n) is 17.1. The summed E-state index contributed by atoms with van der Waals surface area (Å²) in [4.78, 5) is 13.7. The first-order chi connectivity index (χ1) is 13.5. The Kier molecular flexibility index (Phi) is 5.60. The molecule has 2 bridgehead atoms. The van der Waals surface area contributed by atoms with Crippen molar-refractivity contribution in [2.24, 2.45) is 11.7 Å². The molecule has 1 aromatic carbocycles. The average Bonchev–Trinajstić information content (AvgIpc) is 2.64. The van der Waals surface area contributed by atoms with Gasteiger partial charge >= 0.3 is 0 Å². The van der Waals surface area contributed by atoms with Gasteiger partial charge in [-0.25, -0.2) is 0 Å². The molecule has 0 aromatic heterocycles. The number of halogens is 1. The van der Waals surface area contributed by atoms with Crippen molar-refractivity contribution in [1.82, 2.24) is 4.90 Å². The highest BCUT2D eigenvalue weighted by molar-refractivity contribution is 5.85. The number of nitrogens with two attached hydrogens (primary N) is 1. The first kappa shape index (κ1) is 21.0. The Morgan fingerprint density at radius 3 is 2.72 bits per heavy atom. The van der Waals surface area contributed by atoms with Crippen LogP contribution in [0.2, 0.25) is 0 Å². The van der Waals surface area contributed by atoms with Crippen LogP contribution in [0, 0.1) is 5.92 Å². The first-order valence-electron chi connectivity index (χ1n) is 11.0. The third-order valence-electron chi connectivity index (χ3n) is 8.17. The van der Waals surface area contributed by atoms with Crippen LogP contribution in [0.15, 0.2) is 18.2 Å². The van der Waals surface area contributed by atoms with Gasteiger partial charge in [-0.15, -0.1) is 12.4 Å². The molecule has 5 nitrogen and oxygen atoms in total. The first-order valence-corrected chi connectivity index (χ1v) is 11.0. The monoisotopic (exact) mass is 420 g/mol. The maximum atomic E-state index is 12.1. The molecule has 1 aliphatic heterocycles. The molecule has 3 aliphatic carbocycles. The summed E-state index contributed by atoms with van der Waals surface area (Å²) in [5, 5.41) is 12.1. The lowest BCUT2D eigenvalue weighted by molar-refractivity contribution is -0.169. The van der Waals surface area contributed by atoms with E-state index in [0.717, 1.165) is 51.1 Å². The van der Waals surface area contributed by atoms with Crippen LogP contribution >= 0.6 is 12.4 Å². The summed E-state index contributed by atoms with van der Waals surface area (Å²) in [6, 6.07) is 6.43. The predicted molar refractivity (Wildman–Crippen MR) is 114 cm³/mol. The topological polar surface area (TPSA) is 75.8 Å². The van der Waals surface area contributed by atoms with E-state index in [1.54, 1.807) is 0 Å². The maximum absolute atomic E-state index is 12.1. The van der Waals surface area contributed by atoms with E-state index in [1.165, 1.54) is 36.8 Å². The summed E-state index contributed by atoms with van der Waals surface area (Å²) >= 11 is 0. The van der Waals surface area contributed by atoms with Gasteiger partial charge in [0.25, 0.3) is 5.91 Å². The van der Waals surface area contributed by atoms with Crippen molar-refractivity contribution in [3.63, 3.8) is 0 Å². The lowest BCUT2D eigenvalue weighted by Gasteiger charge is -2.64. The maximum Gasteiger partial charge on any atom is 0.255 e. The molecule has 2 saturated carbocycles. The van der Waals surface area contributed by atoms with Gasteiger partial charge in [-0.2, -0.15) is 0 Å². The molecule has 0 radical (unpaired) electrons. The Morgan fingerprint density at radius 1 is 1.21 bits per heavy atom. The van der Waals surface area contributed by atoms with Crippen molar-refractivity contribution < 1.29 is 14.6 Å². The van der Waals surface area contributed by atoms with Crippen molar-refractivity contribution >= 4 is 18.3 Å². The fourth-order valence-corrected chi connectivity index (χ4v) is 6.55. The fourth-order valence-electron chi connectivity index (χ4n) is 6.55. The molecule has 1 aromatic rings. The SMILES string of the molecule is Cl.NC(=O)COc1ccc2c(c1)[C@@]13CCCC[C@@]1(O)[C@@H](C2)N(CC1CCC1)CC3. The Bertz CT molecular complexity index is 783. The van der Waals surface area contributed by atoms with Gasteiger partial charge < -0.3 is 15.6 Å². The number of rotatable bonds is 5. The molecule has 0 spiro atoms. The van der Waals surface area contributed by atoms with E-state index in [0.29, 0.717) is 5.75 Å². The number of carbonyl (C=O) groups excluding carboxylic acids is 1. The molecule has 1 saturated heterocycles. The standard InChI is InChI=1S/C23H32N2O3.ClH/c24-21(26)15-28-18-7-6-17-12-20-23(27)9-2-1-8-22(23,19(17)13-18)10-11-25(20)14-16-4-3-5-16;/h6-7,13,16,20,27H,1-5,8-12,14-15H2,(H2,24,26);1H/t20-,22+,23-;/m1./s1. The van der Waals surface area contributed by atoms with E-state index >= 15 is 0 Å². The molecule has 1 amide bonds. The summed E-state index contributed by atoms with van der Waals surface area (Å²) in [6.07, 6.45) is 10.2. The number of carbonyl (C=O) groups is 1. The number of ether oxygens (including phenoxy) is 1. The number of hydrogen-bond donors (Lipinski definition) is 2. The van der Waals surface area contributed by atoms with E-state index in [1.807, 2.05) is 6.07 Å². The van der Waals surface area contributed by atoms with Crippen LogP contribution in [0.25, 0.3) is 0 Å². The van der Waals surface area contributed by atoms with Crippen LogP contribution < -0.4 is 10.5 Å².